The summed E-state index contributed by atoms with van der Waals surface area (Å²) in [4.78, 5) is 20.3. The number of fused-ring (bicyclic) bond motifs is 3. The van der Waals surface area contributed by atoms with Gasteiger partial charge in [-0.15, -0.1) is 0 Å². The first-order chi connectivity index (χ1) is 10.6. The van der Waals surface area contributed by atoms with Gasteiger partial charge in [0.15, 0.2) is 5.82 Å². The van der Waals surface area contributed by atoms with Crippen LogP contribution in [-0.4, -0.2) is 20.4 Å². The molecule has 0 atom stereocenters. The maximum atomic E-state index is 11.2. The number of amides is 1. The monoisotopic (exact) mass is 297 g/mol. The second-order valence-corrected chi connectivity index (χ2v) is 5.36. The summed E-state index contributed by atoms with van der Waals surface area (Å²) in [6.07, 6.45) is 2.06. The summed E-state index contributed by atoms with van der Waals surface area (Å²) in [5.41, 5.74) is 13.9. The molecular formula is C16H19N5O. The Kier molecular flexibility index (Phi) is 3.66. The minimum atomic E-state index is -0.323. The number of anilines is 1. The van der Waals surface area contributed by atoms with Crippen LogP contribution in [-0.2, 0) is 17.8 Å². The van der Waals surface area contributed by atoms with Gasteiger partial charge in [0.2, 0.25) is 5.91 Å². The Labute approximate surface area is 128 Å². The zero-order chi connectivity index (χ0) is 15.7. The van der Waals surface area contributed by atoms with Gasteiger partial charge in [0.25, 0.3) is 0 Å². The van der Waals surface area contributed by atoms with Gasteiger partial charge in [0.1, 0.15) is 11.3 Å². The summed E-state index contributed by atoms with van der Waals surface area (Å²) in [5, 5.41) is 0.992. The fourth-order valence-corrected chi connectivity index (χ4v) is 2.78. The van der Waals surface area contributed by atoms with Crippen LogP contribution in [0.4, 0.5) is 5.82 Å². The predicted octanol–water partition coefficient (Wildman–Crippen LogP) is 1.99. The van der Waals surface area contributed by atoms with E-state index in [9.17, 15) is 4.79 Å². The van der Waals surface area contributed by atoms with Crippen LogP contribution in [0.2, 0.25) is 0 Å². The number of hydrogen-bond donors (Lipinski definition) is 2. The third-order valence-electron chi connectivity index (χ3n) is 3.74. The summed E-state index contributed by atoms with van der Waals surface area (Å²) in [7, 11) is 0. The van der Waals surface area contributed by atoms with E-state index in [1.54, 1.807) is 0 Å². The van der Waals surface area contributed by atoms with Crippen LogP contribution in [0.5, 0.6) is 0 Å². The van der Waals surface area contributed by atoms with E-state index in [-0.39, 0.29) is 12.3 Å². The van der Waals surface area contributed by atoms with Crippen LogP contribution >= 0.6 is 0 Å². The number of imidazole rings is 1. The third-order valence-corrected chi connectivity index (χ3v) is 3.74. The van der Waals surface area contributed by atoms with Crippen LogP contribution < -0.4 is 11.5 Å². The first-order valence-electron chi connectivity index (χ1n) is 7.43. The molecule has 0 radical (unpaired) electrons. The molecule has 1 aromatic carbocycles. The van der Waals surface area contributed by atoms with E-state index in [0.717, 1.165) is 35.1 Å². The smallest absolute Gasteiger partial charge is 0.219 e. The Balaban J connectivity index is 2.31. The van der Waals surface area contributed by atoms with Crippen molar-refractivity contribution in [3.05, 3.63) is 30.1 Å². The van der Waals surface area contributed by atoms with Crippen molar-refractivity contribution in [3.63, 3.8) is 0 Å². The lowest BCUT2D eigenvalue weighted by Crippen LogP contribution is -2.15. The van der Waals surface area contributed by atoms with Crippen LogP contribution in [0.15, 0.2) is 24.3 Å². The number of aromatic nitrogens is 3. The van der Waals surface area contributed by atoms with Crippen molar-refractivity contribution in [2.45, 2.75) is 32.7 Å². The van der Waals surface area contributed by atoms with E-state index < -0.39 is 0 Å². The van der Waals surface area contributed by atoms with E-state index in [0.29, 0.717) is 17.9 Å². The molecule has 0 spiro atoms. The molecule has 2 heterocycles. The number of primary amides is 1. The van der Waals surface area contributed by atoms with Gasteiger partial charge >= 0.3 is 0 Å². The average Bonchev–Trinajstić information content (AvgIpc) is 2.85. The lowest BCUT2D eigenvalue weighted by molar-refractivity contribution is -0.118. The first-order valence-corrected chi connectivity index (χ1v) is 7.43. The molecule has 0 aliphatic carbocycles. The lowest BCUT2D eigenvalue weighted by Gasteiger charge is -2.09. The molecule has 1 amide bonds. The molecule has 6 nitrogen and oxygen atoms in total. The fraction of sp³-hybridized carbons (Fsp3) is 0.312. The highest BCUT2D eigenvalue weighted by molar-refractivity contribution is 6.06. The Hall–Kier alpha value is -2.63. The first kappa shape index (κ1) is 14.3. The molecule has 0 aliphatic rings. The molecule has 2 aromatic heterocycles. The van der Waals surface area contributed by atoms with Crippen molar-refractivity contribution >= 4 is 33.7 Å². The van der Waals surface area contributed by atoms with Crippen LogP contribution in [0.3, 0.4) is 0 Å². The van der Waals surface area contributed by atoms with Gasteiger partial charge < -0.3 is 16.0 Å². The lowest BCUT2D eigenvalue weighted by atomic mass is 10.2. The quantitative estimate of drug-likeness (QED) is 0.752. The molecule has 0 saturated carbocycles. The molecule has 0 fully saturated rings. The molecule has 3 rings (SSSR count). The SMILES string of the molecule is CCCc1nc2c(N)nc3ccccc3c2n1CCC(N)=O. The number of aryl methyl sites for hydroxylation is 2. The van der Waals surface area contributed by atoms with Crippen molar-refractivity contribution in [3.8, 4) is 0 Å². The summed E-state index contributed by atoms with van der Waals surface area (Å²) in [6, 6.07) is 7.82. The summed E-state index contributed by atoms with van der Waals surface area (Å²) >= 11 is 0. The Morgan fingerprint density at radius 1 is 1.27 bits per heavy atom. The Morgan fingerprint density at radius 2 is 2.05 bits per heavy atom. The fourth-order valence-electron chi connectivity index (χ4n) is 2.78. The van der Waals surface area contributed by atoms with E-state index in [2.05, 4.69) is 21.5 Å². The van der Waals surface area contributed by atoms with E-state index in [1.165, 1.54) is 0 Å². The van der Waals surface area contributed by atoms with Gasteiger partial charge in [-0.25, -0.2) is 9.97 Å². The number of nitrogens with two attached hydrogens (primary N) is 2. The van der Waals surface area contributed by atoms with E-state index in [1.807, 2.05) is 24.3 Å². The number of nitrogens with zero attached hydrogens (tertiary/aromatic N) is 3. The number of hydrogen-bond acceptors (Lipinski definition) is 4. The number of pyridine rings is 1. The maximum Gasteiger partial charge on any atom is 0.219 e. The van der Waals surface area contributed by atoms with Gasteiger partial charge in [0, 0.05) is 24.8 Å². The van der Waals surface area contributed by atoms with Crippen molar-refractivity contribution < 1.29 is 4.79 Å². The van der Waals surface area contributed by atoms with Crippen molar-refractivity contribution in [2.24, 2.45) is 5.73 Å². The molecular weight excluding hydrogens is 278 g/mol. The second-order valence-electron chi connectivity index (χ2n) is 5.36. The molecule has 0 saturated heterocycles. The van der Waals surface area contributed by atoms with Crippen molar-refractivity contribution in [1.82, 2.24) is 14.5 Å². The predicted molar refractivity (Wildman–Crippen MR) is 87.3 cm³/mol. The van der Waals surface area contributed by atoms with Crippen LogP contribution in [0, 0.1) is 0 Å². The molecule has 114 valence electrons. The topological polar surface area (TPSA) is 99.8 Å². The summed E-state index contributed by atoms with van der Waals surface area (Å²) < 4.78 is 2.06. The number of nitrogen functional groups attached to an aromatic ring is 1. The minimum Gasteiger partial charge on any atom is -0.382 e. The van der Waals surface area contributed by atoms with Crippen molar-refractivity contribution in [2.75, 3.05) is 5.73 Å². The number of carbonyl (C=O) groups excluding carboxylic acids is 1. The highest BCUT2D eigenvalue weighted by atomic mass is 16.1. The normalized spacial score (nSPS) is 11.3. The zero-order valence-corrected chi connectivity index (χ0v) is 12.5. The number of benzene rings is 1. The zero-order valence-electron chi connectivity index (χ0n) is 12.5. The molecule has 22 heavy (non-hydrogen) atoms. The number of rotatable bonds is 5. The largest absolute Gasteiger partial charge is 0.382 e. The number of carbonyl (C=O) groups is 1. The molecule has 0 unspecified atom stereocenters. The summed E-state index contributed by atoms with van der Waals surface area (Å²) in [6.45, 7) is 2.60. The third kappa shape index (κ3) is 2.36. The van der Waals surface area contributed by atoms with Crippen LogP contribution in [0.1, 0.15) is 25.6 Å². The molecule has 6 heteroatoms. The molecule has 0 aliphatic heterocycles. The summed E-state index contributed by atoms with van der Waals surface area (Å²) in [5.74, 6) is 1.02. The molecule has 4 N–H and O–H groups in total. The van der Waals surface area contributed by atoms with Gasteiger partial charge in [0.05, 0.1) is 11.0 Å². The highest BCUT2D eigenvalue weighted by Crippen LogP contribution is 2.29. The maximum absolute atomic E-state index is 11.2. The van der Waals surface area contributed by atoms with E-state index >= 15 is 0 Å². The van der Waals surface area contributed by atoms with Crippen molar-refractivity contribution in [1.29, 1.82) is 0 Å². The van der Waals surface area contributed by atoms with E-state index in [4.69, 9.17) is 11.5 Å². The number of para-hydroxylation sites is 1. The van der Waals surface area contributed by atoms with Gasteiger partial charge in [-0.2, -0.15) is 0 Å². The van der Waals surface area contributed by atoms with Gasteiger partial charge in [-0.05, 0) is 12.5 Å². The van der Waals surface area contributed by atoms with Gasteiger partial charge in [-0.1, -0.05) is 25.1 Å². The highest BCUT2D eigenvalue weighted by Gasteiger charge is 2.16. The standard InChI is InChI=1S/C16H19N5O/c1-2-5-13-20-14-15(21(13)9-8-12(17)22)10-6-3-4-7-11(10)19-16(14)18/h3-4,6-7H,2,5,8-9H2,1H3,(H2,17,22)(H2,18,19). The minimum absolute atomic E-state index is 0.277. The Morgan fingerprint density at radius 3 is 2.77 bits per heavy atom. The molecule has 3 aromatic rings. The Bertz CT molecular complexity index is 852. The van der Waals surface area contributed by atoms with Crippen LogP contribution in [0.25, 0.3) is 21.9 Å². The van der Waals surface area contributed by atoms with Gasteiger partial charge in [-0.3, -0.25) is 4.79 Å². The second kappa shape index (κ2) is 5.63. The molecule has 0 bridgehead atoms. The average molecular weight is 297 g/mol.